The van der Waals surface area contributed by atoms with Gasteiger partial charge >= 0.3 is 0 Å². The van der Waals surface area contributed by atoms with E-state index >= 15 is 0 Å². The second kappa shape index (κ2) is 44.8. The normalized spacial score (nSPS) is 17.0. The number of ether oxygens (including phenoxy) is 3. The van der Waals surface area contributed by atoms with Crippen LogP contribution >= 0.6 is 0 Å². The van der Waals surface area contributed by atoms with Crippen LogP contribution in [0.3, 0.4) is 0 Å². The zero-order chi connectivity index (χ0) is 49.4. The molecule has 0 rings (SSSR count). The summed E-state index contributed by atoms with van der Waals surface area (Å²) >= 11 is 0. The van der Waals surface area contributed by atoms with Crippen LogP contribution in [0.15, 0.2) is 0 Å². The third-order valence-electron chi connectivity index (χ3n) is 15.9. The van der Waals surface area contributed by atoms with Gasteiger partial charge in [0.05, 0.1) is 13.2 Å². The zero-order valence-electron chi connectivity index (χ0n) is 48.5. The lowest BCUT2D eigenvalue weighted by atomic mass is 9.91. The zero-order valence-corrected chi connectivity index (χ0v) is 48.5. The van der Waals surface area contributed by atoms with Gasteiger partial charge in [0.25, 0.3) is 0 Å². The Morgan fingerprint density at radius 3 is 0.606 bits per heavy atom. The fraction of sp³-hybridized carbons (Fsp3) is 1.00. The van der Waals surface area contributed by atoms with Crippen LogP contribution in [0.1, 0.15) is 296 Å². The lowest BCUT2D eigenvalue weighted by molar-refractivity contribution is -0.0650. The predicted octanol–water partition coefficient (Wildman–Crippen LogP) is 20.8. The largest absolute Gasteiger partial charge is 0.379 e. The maximum atomic E-state index is 6.55. The average molecular weight is 934 g/mol. The quantitative estimate of drug-likeness (QED) is 0.0569. The van der Waals surface area contributed by atoms with Gasteiger partial charge in [-0.1, -0.05) is 277 Å². The lowest BCUT2D eigenvalue weighted by Crippen LogP contribution is -2.27. The van der Waals surface area contributed by atoms with Gasteiger partial charge in [-0.3, -0.25) is 0 Å². The van der Waals surface area contributed by atoms with E-state index in [0.29, 0.717) is 19.1 Å². The summed E-state index contributed by atoms with van der Waals surface area (Å²) in [5.74, 6) is 9.96. The molecule has 0 aliphatic carbocycles. The lowest BCUT2D eigenvalue weighted by Gasteiger charge is -2.21. The van der Waals surface area contributed by atoms with E-state index in [4.69, 9.17) is 14.2 Å². The van der Waals surface area contributed by atoms with Gasteiger partial charge in [0.15, 0.2) is 0 Å². The molecule has 0 spiro atoms. The van der Waals surface area contributed by atoms with Crippen LogP contribution in [0.2, 0.25) is 0 Å². The van der Waals surface area contributed by atoms with Crippen molar-refractivity contribution in [2.24, 2.45) is 71.0 Å². The second-order valence-corrected chi connectivity index (χ2v) is 25.5. The minimum absolute atomic E-state index is 0.0353. The van der Waals surface area contributed by atoms with E-state index in [1.807, 2.05) is 0 Å². The maximum Gasteiger partial charge on any atom is 0.104 e. The fourth-order valence-electron chi connectivity index (χ4n) is 10.4. The highest BCUT2D eigenvalue weighted by atomic mass is 16.6. The smallest absolute Gasteiger partial charge is 0.104 e. The Bertz CT molecular complexity index is 925. The molecule has 0 radical (unpaired) electrons. The molecule has 3 heteroatoms. The standard InChI is InChI=1S/C63H128O3/c1-51(2)25-16-28-54(7)31-19-34-57(10)37-22-40-60(13)43-46-64-49-63(66-48-45-62(15)42-24-39-59(12)36-21-33-56(9)30-18-27-53(5)6)50-65-47-44-61(14)41-23-38-58(11)35-20-32-55(8)29-17-26-52(3)4/h51-63H,16-50H2,1-15H3/t54-,55+,56-,57-,58+,59-,60-,61+,62-,63?/m1/s1. The first-order valence-electron chi connectivity index (χ1n) is 30.2. The molecule has 0 saturated heterocycles. The van der Waals surface area contributed by atoms with Crippen molar-refractivity contribution in [3.63, 3.8) is 0 Å². The van der Waals surface area contributed by atoms with Crippen LogP contribution in [0.25, 0.3) is 0 Å². The van der Waals surface area contributed by atoms with Gasteiger partial charge in [-0.15, -0.1) is 0 Å². The first kappa shape index (κ1) is 65.9. The Morgan fingerprint density at radius 1 is 0.212 bits per heavy atom. The molecule has 398 valence electrons. The van der Waals surface area contributed by atoms with Crippen LogP contribution in [0.4, 0.5) is 0 Å². The van der Waals surface area contributed by atoms with Gasteiger partial charge in [-0.2, -0.15) is 0 Å². The Balaban J connectivity index is 4.61. The predicted molar refractivity (Wildman–Crippen MR) is 297 cm³/mol. The van der Waals surface area contributed by atoms with Gasteiger partial charge in [0.1, 0.15) is 6.10 Å². The van der Waals surface area contributed by atoms with Crippen LogP contribution in [-0.2, 0) is 14.2 Å². The van der Waals surface area contributed by atoms with Gasteiger partial charge < -0.3 is 14.2 Å². The van der Waals surface area contributed by atoms with Gasteiger partial charge in [-0.05, 0) is 90.3 Å². The van der Waals surface area contributed by atoms with Crippen LogP contribution in [0, 0.1) is 71.0 Å². The van der Waals surface area contributed by atoms with Crippen LogP contribution in [0.5, 0.6) is 0 Å². The van der Waals surface area contributed by atoms with Crippen molar-refractivity contribution in [2.45, 2.75) is 303 Å². The fourth-order valence-corrected chi connectivity index (χ4v) is 10.4. The molecule has 0 bridgehead atoms. The van der Waals surface area contributed by atoms with Gasteiger partial charge in [0, 0.05) is 19.8 Å². The second-order valence-electron chi connectivity index (χ2n) is 25.5. The summed E-state index contributed by atoms with van der Waals surface area (Å²) < 4.78 is 19.3. The first-order valence-corrected chi connectivity index (χ1v) is 30.2. The molecular formula is C63H128O3. The summed E-state index contributed by atoms with van der Waals surface area (Å²) in [5.41, 5.74) is 0. The Kier molecular flexibility index (Phi) is 44.7. The molecule has 0 amide bonds. The van der Waals surface area contributed by atoms with E-state index in [1.54, 1.807) is 0 Å². The topological polar surface area (TPSA) is 27.7 Å². The van der Waals surface area contributed by atoms with Crippen molar-refractivity contribution < 1.29 is 14.2 Å². The molecular weight excluding hydrogens is 805 g/mol. The molecule has 3 nitrogen and oxygen atoms in total. The van der Waals surface area contributed by atoms with Crippen molar-refractivity contribution in [3.05, 3.63) is 0 Å². The van der Waals surface area contributed by atoms with Gasteiger partial charge in [-0.25, -0.2) is 0 Å². The molecule has 0 aliphatic heterocycles. The van der Waals surface area contributed by atoms with Crippen LogP contribution in [-0.4, -0.2) is 39.1 Å². The molecule has 0 aromatic heterocycles. The molecule has 0 aromatic carbocycles. The van der Waals surface area contributed by atoms with Crippen molar-refractivity contribution in [2.75, 3.05) is 33.0 Å². The SMILES string of the molecule is CC(C)CCC[C@@H](C)CCC[C@@H](C)CCC[C@@H](C)CCOCC(COCC[C@@H](C)CCC[C@@H](C)CCC[C@@H](C)CCCC(C)C)OCC[C@H](C)CCC[C@H](C)CCC[C@H](C)CCCC(C)C. The van der Waals surface area contributed by atoms with Gasteiger partial charge in [0.2, 0.25) is 0 Å². The van der Waals surface area contributed by atoms with E-state index in [9.17, 15) is 0 Å². The molecule has 0 saturated carbocycles. The summed E-state index contributed by atoms with van der Waals surface area (Å²) in [4.78, 5) is 0. The highest BCUT2D eigenvalue weighted by molar-refractivity contribution is 4.66. The number of hydrogen-bond acceptors (Lipinski definition) is 3. The maximum absolute atomic E-state index is 6.55. The Hall–Kier alpha value is -0.120. The Labute approximate surface area is 419 Å². The summed E-state index contributed by atoms with van der Waals surface area (Å²) in [6, 6.07) is 0. The Morgan fingerprint density at radius 2 is 0.394 bits per heavy atom. The minimum Gasteiger partial charge on any atom is -0.379 e. The van der Waals surface area contributed by atoms with E-state index in [-0.39, 0.29) is 6.10 Å². The summed E-state index contributed by atoms with van der Waals surface area (Å²) in [7, 11) is 0. The van der Waals surface area contributed by atoms with E-state index in [0.717, 1.165) is 104 Å². The number of rotatable bonds is 50. The third-order valence-corrected chi connectivity index (χ3v) is 15.9. The summed E-state index contributed by atoms with van der Waals surface area (Å²) in [6.45, 7) is 40.1. The summed E-state index contributed by atoms with van der Waals surface area (Å²) in [5, 5.41) is 0. The minimum atomic E-state index is 0.0353. The van der Waals surface area contributed by atoms with E-state index in [1.165, 1.54) is 173 Å². The first-order chi connectivity index (χ1) is 31.5. The molecule has 10 atom stereocenters. The molecule has 0 fully saturated rings. The molecule has 66 heavy (non-hydrogen) atoms. The highest BCUT2D eigenvalue weighted by Gasteiger charge is 2.15. The molecule has 1 unspecified atom stereocenters. The van der Waals surface area contributed by atoms with Crippen molar-refractivity contribution in [1.29, 1.82) is 0 Å². The summed E-state index contributed by atoms with van der Waals surface area (Å²) in [6.07, 6.45) is 41.0. The third kappa shape index (κ3) is 46.3. The van der Waals surface area contributed by atoms with Crippen LogP contribution < -0.4 is 0 Å². The van der Waals surface area contributed by atoms with E-state index < -0.39 is 0 Å². The van der Waals surface area contributed by atoms with Crippen molar-refractivity contribution in [3.8, 4) is 0 Å². The van der Waals surface area contributed by atoms with Crippen molar-refractivity contribution >= 4 is 0 Å². The molecule has 0 heterocycles. The number of hydrogen-bond donors (Lipinski definition) is 0. The molecule has 0 aromatic rings. The molecule has 0 N–H and O–H groups in total. The van der Waals surface area contributed by atoms with E-state index in [2.05, 4.69) is 104 Å². The van der Waals surface area contributed by atoms with Crippen molar-refractivity contribution in [1.82, 2.24) is 0 Å². The monoisotopic (exact) mass is 933 g/mol. The highest BCUT2D eigenvalue weighted by Crippen LogP contribution is 2.26. The average Bonchev–Trinajstić information content (AvgIpc) is 3.23. The molecule has 0 aliphatic rings.